The first-order valence-electron chi connectivity index (χ1n) is 10.8. The lowest BCUT2D eigenvalue weighted by molar-refractivity contribution is 0.164. The van der Waals surface area contributed by atoms with E-state index in [1.54, 1.807) is 0 Å². The predicted molar refractivity (Wildman–Crippen MR) is 134 cm³/mol. The van der Waals surface area contributed by atoms with Gasteiger partial charge < -0.3 is 15.1 Å². The van der Waals surface area contributed by atoms with Gasteiger partial charge in [0.25, 0.3) is 0 Å². The highest BCUT2D eigenvalue weighted by atomic mass is 127. The lowest BCUT2D eigenvalue weighted by atomic mass is 9.97. The van der Waals surface area contributed by atoms with Crippen LogP contribution in [0.5, 0.6) is 0 Å². The minimum atomic E-state index is 0. The molecule has 1 aromatic carbocycles. The molecule has 0 radical (unpaired) electrons. The Balaban J connectivity index is 0.00000320. The van der Waals surface area contributed by atoms with E-state index >= 15 is 0 Å². The Labute approximate surface area is 198 Å². The number of aliphatic imine (C=N–C) groups is 1. The van der Waals surface area contributed by atoms with E-state index in [1.807, 2.05) is 20.9 Å². The predicted octanol–water partition coefficient (Wildman–Crippen LogP) is 3.92. The Kier molecular flexibility index (Phi) is 10.6. The third-order valence-corrected chi connectivity index (χ3v) is 5.70. The van der Waals surface area contributed by atoms with Crippen molar-refractivity contribution in [1.82, 2.24) is 20.5 Å². The lowest BCUT2D eigenvalue weighted by Gasteiger charge is -2.31. The summed E-state index contributed by atoms with van der Waals surface area (Å²) < 4.78 is 5.72. The lowest BCUT2D eigenvalue weighted by Crippen LogP contribution is -2.43. The molecular formula is C23H36IN5O. The number of rotatable bonds is 8. The summed E-state index contributed by atoms with van der Waals surface area (Å²) in [6.45, 7) is 8.89. The van der Waals surface area contributed by atoms with Crippen molar-refractivity contribution in [1.29, 1.82) is 0 Å². The van der Waals surface area contributed by atoms with Crippen LogP contribution in [-0.4, -0.2) is 49.1 Å². The number of nitrogens with one attached hydrogen (secondary N) is 2. The molecule has 1 saturated heterocycles. The summed E-state index contributed by atoms with van der Waals surface area (Å²) in [5, 5.41) is 6.94. The topological polar surface area (TPSA) is 65.7 Å². The van der Waals surface area contributed by atoms with Crippen molar-refractivity contribution in [2.75, 3.05) is 33.2 Å². The molecule has 0 bridgehead atoms. The van der Waals surface area contributed by atoms with E-state index in [1.165, 1.54) is 18.4 Å². The molecule has 2 heterocycles. The first-order valence-corrected chi connectivity index (χ1v) is 10.8. The van der Waals surface area contributed by atoms with Crippen molar-refractivity contribution in [2.45, 2.75) is 46.1 Å². The van der Waals surface area contributed by atoms with Crippen LogP contribution >= 0.6 is 24.0 Å². The molecule has 0 unspecified atom stereocenters. The zero-order valence-corrected chi connectivity index (χ0v) is 20.8. The fraction of sp³-hybridized carbons (Fsp3) is 0.565. The van der Waals surface area contributed by atoms with Crippen LogP contribution in [0.25, 0.3) is 0 Å². The highest BCUT2D eigenvalue weighted by Crippen LogP contribution is 2.19. The fourth-order valence-corrected chi connectivity index (χ4v) is 3.75. The average molecular weight is 525 g/mol. The van der Waals surface area contributed by atoms with E-state index in [0.717, 1.165) is 68.9 Å². The molecule has 30 heavy (non-hydrogen) atoms. The molecule has 1 aliphatic heterocycles. The molecule has 0 saturated carbocycles. The smallest absolute Gasteiger partial charge is 0.208 e. The van der Waals surface area contributed by atoms with Crippen molar-refractivity contribution in [3.8, 4) is 0 Å². The van der Waals surface area contributed by atoms with Gasteiger partial charge in [-0.25, -0.2) is 4.98 Å². The molecule has 0 atom stereocenters. The van der Waals surface area contributed by atoms with Gasteiger partial charge in [-0.05, 0) is 64.1 Å². The quantitative estimate of drug-likeness (QED) is 0.237. The molecule has 2 aromatic rings. The zero-order valence-electron chi connectivity index (χ0n) is 18.5. The van der Waals surface area contributed by atoms with Gasteiger partial charge in [0.05, 0.1) is 12.2 Å². The van der Waals surface area contributed by atoms with E-state index in [9.17, 15) is 0 Å². The molecule has 166 valence electrons. The second-order valence-corrected chi connectivity index (χ2v) is 7.94. The number of aromatic nitrogens is 1. The SMILES string of the molecule is CN=C(NCCCc1ccccc1)NCC1CCN(Cc2nc(C)c(C)o2)CC1.I. The molecule has 0 spiro atoms. The van der Waals surface area contributed by atoms with Gasteiger partial charge in [-0.3, -0.25) is 9.89 Å². The van der Waals surface area contributed by atoms with E-state index in [4.69, 9.17) is 4.42 Å². The van der Waals surface area contributed by atoms with Crippen molar-refractivity contribution < 1.29 is 4.42 Å². The highest BCUT2D eigenvalue weighted by molar-refractivity contribution is 14.0. The van der Waals surface area contributed by atoms with Gasteiger partial charge >= 0.3 is 0 Å². The minimum Gasteiger partial charge on any atom is -0.444 e. The Morgan fingerprint density at radius 1 is 1.17 bits per heavy atom. The van der Waals surface area contributed by atoms with Crippen molar-refractivity contribution in [2.24, 2.45) is 10.9 Å². The molecule has 1 aliphatic rings. The summed E-state index contributed by atoms with van der Waals surface area (Å²) in [5.74, 6) is 3.37. The Morgan fingerprint density at radius 3 is 2.53 bits per heavy atom. The van der Waals surface area contributed by atoms with Crippen LogP contribution in [0.15, 0.2) is 39.7 Å². The number of guanidine groups is 1. The van der Waals surface area contributed by atoms with Crippen LogP contribution < -0.4 is 10.6 Å². The molecule has 1 fully saturated rings. The Bertz CT molecular complexity index is 750. The van der Waals surface area contributed by atoms with Crippen LogP contribution in [0.1, 0.15) is 42.2 Å². The number of oxazole rings is 1. The standard InChI is InChI=1S/C23H35N5O.HI/c1-18-19(2)29-22(27-18)17-28-14-11-21(12-15-28)16-26-23(24-3)25-13-7-10-20-8-5-4-6-9-20;/h4-6,8-9,21H,7,10-17H2,1-3H3,(H2,24,25,26);1H. The maximum absolute atomic E-state index is 5.72. The Hall–Kier alpha value is -1.61. The second kappa shape index (κ2) is 12.9. The number of likely N-dealkylation sites (tertiary alicyclic amines) is 1. The van der Waals surface area contributed by atoms with Crippen LogP contribution in [0, 0.1) is 19.8 Å². The summed E-state index contributed by atoms with van der Waals surface area (Å²) in [5.41, 5.74) is 2.39. The van der Waals surface area contributed by atoms with Gasteiger partial charge in [0.2, 0.25) is 5.89 Å². The van der Waals surface area contributed by atoms with Crippen LogP contribution in [0.2, 0.25) is 0 Å². The number of aryl methyl sites for hydroxylation is 3. The summed E-state index contributed by atoms with van der Waals surface area (Å²) >= 11 is 0. The third kappa shape index (κ3) is 7.91. The first kappa shape index (κ1) is 24.7. The highest BCUT2D eigenvalue weighted by Gasteiger charge is 2.21. The van der Waals surface area contributed by atoms with Gasteiger partial charge in [-0.1, -0.05) is 30.3 Å². The largest absolute Gasteiger partial charge is 0.444 e. The van der Waals surface area contributed by atoms with Gasteiger partial charge in [-0.2, -0.15) is 0 Å². The molecule has 0 aliphatic carbocycles. The molecule has 2 N–H and O–H groups in total. The summed E-state index contributed by atoms with van der Waals surface area (Å²) in [6, 6.07) is 10.6. The zero-order chi connectivity index (χ0) is 20.5. The van der Waals surface area contributed by atoms with E-state index < -0.39 is 0 Å². The van der Waals surface area contributed by atoms with Gasteiger partial charge in [-0.15, -0.1) is 24.0 Å². The molecule has 7 heteroatoms. The summed E-state index contributed by atoms with van der Waals surface area (Å²) in [4.78, 5) is 11.3. The third-order valence-electron chi connectivity index (χ3n) is 5.70. The van der Waals surface area contributed by atoms with Gasteiger partial charge in [0.15, 0.2) is 5.96 Å². The van der Waals surface area contributed by atoms with Crippen LogP contribution in [-0.2, 0) is 13.0 Å². The van der Waals surface area contributed by atoms with Crippen molar-refractivity contribution in [3.63, 3.8) is 0 Å². The number of nitrogens with zero attached hydrogens (tertiary/aromatic N) is 3. The van der Waals surface area contributed by atoms with E-state index in [2.05, 4.69) is 55.8 Å². The van der Waals surface area contributed by atoms with Crippen LogP contribution in [0.4, 0.5) is 0 Å². The minimum absolute atomic E-state index is 0. The van der Waals surface area contributed by atoms with Crippen molar-refractivity contribution >= 4 is 29.9 Å². The molecular weight excluding hydrogens is 489 g/mol. The number of halogens is 1. The number of hydrogen-bond acceptors (Lipinski definition) is 4. The van der Waals surface area contributed by atoms with Crippen molar-refractivity contribution in [3.05, 3.63) is 53.2 Å². The molecule has 6 nitrogen and oxygen atoms in total. The maximum Gasteiger partial charge on any atom is 0.208 e. The summed E-state index contributed by atoms with van der Waals surface area (Å²) in [7, 11) is 1.84. The Morgan fingerprint density at radius 2 is 1.90 bits per heavy atom. The summed E-state index contributed by atoms with van der Waals surface area (Å²) in [6.07, 6.45) is 4.57. The van der Waals surface area contributed by atoms with Gasteiger partial charge in [0, 0.05) is 20.1 Å². The second-order valence-electron chi connectivity index (χ2n) is 7.94. The van der Waals surface area contributed by atoms with E-state index in [0.29, 0.717) is 5.92 Å². The van der Waals surface area contributed by atoms with Crippen LogP contribution in [0.3, 0.4) is 0 Å². The monoisotopic (exact) mass is 525 g/mol. The van der Waals surface area contributed by atoms with E-state index in [-0.39, 0.29) is 24.0 Å². The molecule has 0 amide bonds. The normalized spacial score (nSPS) is 15.6. The first-order chi connectivity index (χ1) is 14.1. The molecule has 1 aromatic heterocycles. The number of piperidine rings is 1. The fourth-order valence-electron chi connectivity index (χ4n) is 3.75. The number of benzene rings is 1. The molecule has 3 rings (SSSR count). The maximum atomic E-state index is 5.72. The average Bonchev–Trinajstić information content (AvgIpc) is 3.06. The van der Waals surface area contributed by atoms with Gasteiger partial charge in [0.1, 0.15) is 5.76 Å². The number of hydrogen-bond donors (Lipinski definition) is 2.